The fraction of sp³-hybridized carbons (Fsp3) is 0.222. The van der Waals surface area contributed by atoms with Crippen LogP contribution in [0.2, 0.25) is 0 Å². The molecule has 0 aliphatic rings. The number of methoxy groups -OCH3 is 4. The van der Waals surface area contributed by atoms with Gasteiger partial charge in [-0.05, 0) is 35.9 Å². The molecule has 2 aromatic rings. The Bertz CT molecular complexity index is 685. The standard InChI is InChI=1S/C18H21NO4/c1-20-14-7-8-15(19)13(11-14)6-5-12-9-16(21-2)18(23-4)17(10-12)22-3/h5-11H,19H2,1-4H3/b6-5-. The summed E-state index contributed by atoms with van der Waals surface area (Å²) >= 11 is 0. The van der Waals surface area contributed by atoms with Gasteiger partial charge in [-0.15, -0.1) is 0 Å². The maximum Gasteiger partial charge on any atom is 0.203 e. The van der Waals surface area contributed by atoms with E-state index in [2.05, 4.69) is 0 Å². The van der Waals surface area contributed by atoms with E-state index in [9.17, 15) is 0 Å². The Labute approximate surface area is 136 Å². The highest BCUT2D eigenvalue weighted by molar-refractivity contribution is 5.78. The summed E-state index contributed by atoms with van der Waals surface area (Å²) < 4.78 is 21.2. The maximum atomic E-state index is 5.99. The van der Waals surface area contributed by atoms with Gasteiger partial charge in [-0.1, -0.05) is 12.2 Å². The predicted molar refractivity (Wildman–Crippen MR) is 92.4 cm³/mol. The SMILES string of the molecule is COc1ccc(N)c(/C=C\c2cc(OC)c(OC)c(OC)c2)c1. The highest BCUT2D eigenvalue weighted by Crippen LogP contribution is 2.38. The van der Waals surface area contributed by atoms with E-state index < -0.39 is 0 Å². The van der Waals surface area contributed by atoms with Gasteiger partial charge in [-0.3, -0.25) is 0 Å². The van der Waals surface area contributed by atoms with Crippen molar-refractivity contribution in [2.75, 3.05) is 34.2 Å². The first-order valence-corrected chi connectivity index (χ1v) is 7.04. The van der Waals surface area contributed by atoms with Gasteiger partial charge in [-0.2, -0.15) is 0 Å². The van der Waals surface area contributed by atoms with Crippen LogP contribution in [-0.2, 0) is 0 Å². The molecule has 0 fully saturated rings. The highest BCUT2D eigenvalue weighted by Gasteiger charge is 2.12. The molecule has 2 rings (SSSR count). The molecule has 0 saturated carbocycles. The van der Waals surface area contributed by atoms with Crippen LogP contribution in [0.3, 0.4) is 0 Å². The third-order valence-electron chi connectivity index (χ3n) is 3.44. The molecule has 5 nitrogen and oxygen atoms in total. The second kappa shape index (κ2) is 7.45. The van der Waals surface area contributed by atoms with Crippen LogP contribution >= 0.6 is 0 Å². The smallest absolute Gasteiger partial charge is 0.203 e. The largest absolute Gasteiger partial charge is 0.497 e. The van der Waals surface area contributed by atoms with Gasteiger partial charge in [0.05, 0.1) is 28.4 Å². The highest BCUT2D eigenvalue weighted by atomic mass is 16.5. The molecule has 0 radical (unpaired) electrons. The first-order chi connectivity index (χ1) is 11.1. The summed E-state index contributed by atoms with van der Waals surface area (Å²) in [6.07, 6.45) is 3.84. The second-order valence-corrected chi connectivity index (χ2v) is 4.79. The zero-order chi connectivity index (χ0) is 16.8. The lowest BCUT2D eigenvalue weighted by atomic mass is 10.1. The topological polar surface area (TPSA) is 62.9 Å². The number of rotatable bonds is 6. The number of hydrogen-bond acceptors (Lipinski definition) is 5. The van der Waals surface area contributed by atoms with Crippen molar-refractivity contribution < 1.29 is 18.9 Å². The molecule has 2 N–H and O–H groups in total. The Morgan fingerprint density at radius 2 is 1.43 bits per heavy atom. The molecule has 122 valence electrons. The van der Waals surface area contributed by atoms with Crippen LogP contribution in [0.5, 0.6) is 23.0 Å². The normalized spacial score (nSPS) is 10.6. The minimum absolute atomic E-state index is 0.563. The molecular formula is C18H21NO4. The van der Waals surface area contributed by atoms with Crippen LogP contribution < -0.4 is 24.7 Å². The summed E-state index contributed by atoms with van der Waals surface area (Å²) in [6, 6.07) is 9.26. The summed E-state index contributed by atoms with van der Waals surface area (Å²) in [5.41, 5.74) is 8.44. The van der Waals surface area contributed by atoms with Gasteiger partial charge in [0.15, 0.2) is 11.5 Å². The Balaban J connectivity index is 2.40. The van der Waals surface area contributed by atoms with E-state index in [0.29, 0.717) is 22.9 Å². The number of benzene rings is 2. The molecule has 0 aliphatic carbocycles. The number of anilines is 1. The fourth-order valence-electron chi connectivity index (χ4n) is 2.21. The lowest BCUT2D eigenvalue weighted by Crippen LogP contribution is -1.95. The van der Waals surface area contributed by atoms with E-state index >= 15 is 0 Å². The third-order valence-corrected chi connectivity index (χ3v) is 3.44. The summed E-state index contributed by atoms with van der Waals surface area (Å²) in [5.74, 6) is 2.52. The Morgan fingerprint density at radius 3 is 1.96 bits per heavy atom. The first kappa shape index (κ1) is 16.5. The quantitative estimate of drug-likeness (QED) is 0.653. The fourth-order valence-corrected chi connectivity index (χ4v) is 2.21. The molecule has 0 heterocycles. The average molecular weight is 315 g/mol. The molecule has 0 spiro atoms. The van der Waals surface area contributed by atoms with Gasteiger partial charge < -0.3 is 24.7 Å². The number of nitrogen functional groups attached to an aromatic ring is 1. The minimum atomic E-state index is 0.563. The van der Waals surface area contributed by atoms with Gasteiger partial charge in [0.1, 0.15) is 5.75 Å². The summed E-state index contributed by atoms with van der Waals surface area (Å²) in [7, 11) is 6.38. The molecule has 5 heteroatoms. The van der Waals surface area contributed by atoms with Gasteiger partial charge in [0.25, 0.3) is 0 Å². The summed E-state index contributed by atoms with van der Waals surface area (Å²) in [5, 5.41) is 0. The van der Waals surface area contributed by atoms with Crippen molar-refractivity contribution in [1.82, 2.24) is 0 Å². The van der Waals surface area contributed by atoms with Crippen LogP contribution in [0.4, 0.5) is 5.69 Å². The van der Waals surface area contributed by atoms with Crippen LogP contribution in [0.1, 0.15) is 11.1 Å². The van der Waals surface area contributed by atoms with Crippen LogP contribution in [0.25, 0.3) is 12.2 Å². The summed E-state index contributed by atoms with van der Waals surface area (Å²) in [6.45, 7) is 0. The lowest BCUT2D eigenvalue weighted by Gasteiger charge is -2.13. The minimum Gasteiger partial charge on any atom is -0.497 e. The number of nitrogens with two attached hydrogens (primary N) is 1. The molecule has 2 aromatic carbocycles. The Morgan fingerprint density at radius 1 is 0.783 bits per heavy atom. The van der Waals surface area contributed by atoms with E-state index in [1.807, 2.05) is 42.5 Å². The Hall–Kier alpha value is -2.82. The van der Waals surface area contributed by atoms with Crippen molar-refractivity contribution in [3.05, 3.63) is 41.5 Å². The van der Waals surface area contributed by atoms with Crippen molar-refractivity contribution in [1.29, 1.82) is 0 Å². The zero-order valence-corrected chi connectivity index (χ0v) is 13.8. The molecule has 0 atom stereocenters. The van der Waals surface area contributed by atoms with Crippen molar-refractivity contribution in [2.45, 2.75) is 0 Å². The second-order valence-electron chi connectivity index (χ2n) is 4.79. The van der Waals surface area contributed by atoms with Crippen molar-refractivity contribution in [3.8, 4) is 23.0 Å². The number of ether oxygens (including phenoxy) is 4. The van der Waals surface area contributed by atoms with E-state index in [-0.39, 0.29) is 0 Å². The average Bonchev–Trinajstić information content (AvgIpc) is 2.59. The molecule has 23 heavy (non-hydrogen) atoms. The molecule has 0 bridgehead atoms. The van der Waals surface area contributed by atoms with E-state index in [0.717, 1.165) is 16.9 Å². The zero-order valence-electron chi connectivity index (χ0n) is 13.8. The van der Waals surface area contributed by atoms with Gasteiger partial charge in [-0.25, -0.2) is 0 Å². The van der Waals surface area contributed by atoms with Crippen molar-refractivity contribution >= 4 is 17.8 Å². The molecule has 0 saturated heterocycles. The molecule has 0 unspecified atom stereocenters. The van der Waals surface area contributed by atoms with Gasteiger partial charge >= 0.3 is 0 Å². The monoisotopic (exact) mass is 315 g/mol. The lowest BCUT2D eigenvalue weighted by molar-refractivity contribution is 0.324. The first-order valence-electron chi connectivity index (χ1n) is 7.04. The van der Waals surface area contributed by atoms with Crippen LogP contribution in [-0.4, -0.2) is 28.4 Å². The molecule has 0 amide bonds. The van der Waals surface area contributed by atoms with Gasteiger partial charge in [0.2, 0.25) is 5.75 Å². The van der Waals surface area contributed by atoms with E-state index in [1.165, 1.54) is 0 Å². The predicted octanol–water partition coefficient (Wildman–Crippen LogP) is 3.47. The maximum absolute atomic E-state index is 5.99. The molecular weight excluding hydrogens is 294 g/mol. The van der Waals surface area contributed by atoms with Gasteiger partial charge in [0, 0.05) is 11.3 Å². The van der Waals surface area contributed by atoms with Crippen molar-refractivity contribution in [3.63, 3.8) is 0 Å². The molecule has 0 aromatic heterocycles. The van der Waals surface area contributed by atoms with Crippen molar-refractivity contribution in [2.24, 2.45) is 0 Å². The van der Waals surface area contributed by atoms with E-state index in [4.69, 9.17) is 24.7 Å². The van der Waals surface area contributed by atoms with Crippen LogP contribution in [0.15, 0.2) is 30.3 Å². The Kier molecular flexibility index (Phi) is 5.36. The summed E-state index contributed by atoms with van der Waals surface area (Å²) in [4.78, 5) is 0. The molecule has 0 aliphatic heterocycles. The van der Waals surface area contributed by atoms with E-state index in [1.54, 1.807) is 28.4 Å². The van der Waals surface area contributed by atoms with Crippen LogP contribution in [0, 0.1) is 0 Å². The third kappa shape index (κ3) is 3.69. The number of hydrogen-bond donors (Lipinski definition) is 1.